The maximum absolute atomic E-state index is 11.3. The van der Waals surface area contributed by atoms with Gasteiger partial charge in [-0.25, -0.2) is 4.79 Å². The molecule has 2 nitrogen and oxygen atoms in total. The normalized spacial score (nSPS) is 48.7. The van der Waals surface area contributed by atoms with Crippen LogP contribution in [0.1, 0.15) is 65.7 Å². The van der Waals surface area contributed by atoms with E-state index in [4.69, 9.17) is 0 Å². The summed E-state index contributed by atoms with van der Waals surface area (Å²) in [5.74, 6) is 2.62. The fourth-order valence-electron chi connectivity index (χ4n) is 6.76. The van der Waals surface area contributed by atoms with E-state index in [9.17, 15) is 9.90 Å². The van der Waals surface area contributed by atoms with E-state index in [1.807, 2.05) is 6.08 Å². The van der Waals surface area contributed by atoms with Gasteiger partial charge in [0.05, 0.1) is 0 Å². The molecular formula is C21H30O2. The van der Waals surface area contributed by atoms with E-state index in [2.05, 4.69) is 26.8 Å². The highest BCUT2D eigenvalue weighted by Crippen LogP contribution is 2.65. The van der Waals surface area contributed by atoms with Crippen LogP contribution in [0.25, 0.3) is 0 Å². The van der Waals surface area contributed by atoms with Gasteiger partial charge >= 0.3 is 5.97 Å². The minimum atomic E-state index is -0.726. The van der Waals surface area contributed by atoms with Crippen molar-refractivity contribution in [2.45, 2.75) is 65.7 Å². The molecule has 0 aromatic carbocycles. The Bertz CT molecular complexity index is 601. The molecule has 4 aliphatic carbocycles. The third kappa shape index (κ3) is 2.03. The van der Waals surface area contributed by atoms with Crippen molar-refractivity contribution in [3.63, 3.8) is 0 Å². The SMILES string of the molecule is C[C@H]1CCC2C3CC=C4C=C(C(=O)O)CC[C@]4(C)C3CC[C@@]21C. The molecule has 0 aromatic rings. The van der Waals surface area contributed by atoms with E-state index < -0.39 is 5.97 Å². The van der Waals surface area contributed by atoms with Gasteiger partial charge in [0.1, 0.15) is 0 Å². The highest BCUT2D eigenvalue weighted by atomic mass is 16.4. The van der Waals surface area contributed by atoms with Crippen LogP contribution in [0.3, 0.4) is 0 Å². The number of carbonyl (C=O) groups is 1. The summed E-state index contributed by atoms with van der Waals surface area (Å²) >= 11 is 0. The van der Waals surface area contributed by atoms with Crippen molar-refractivity contribution in [1.29, 1.82) is 0 Å². The molecule has 0 amide bonds. The van der Waals surface area contributed by atoms with E-state index in [1.165, 1.54) is 37.7 Å². The predicted octanol–water partition coefficient (Wildman–Crippen LogP) is 5.21. The lowest BCUT2D eigenvalue weighted by atomic mass is 9.48. The van der Waals surface area contributed by atoms with Gasteiger partial charge < -0.3 is 5.11 Å². The number of aliphatic carboxylic acids is 1. The Morgan fingerprint density at radius 2 is 1.96 bits per heavy atom. The van der Waals surface area contributed by atoms with Crippen LogP contribution in [-0.4, -0.2) is 11.1 Å². The van der Waals surface area contributed by atoms with E-state index >= 15 is 0 Å². The first-order chi connectivity index (χ1) is 10.9. The van der Waals surface area contributed by atoms with Crippen LogP contribution < -0.4 is 0 Å². The summed E-state index contributed by atoms with van der Waals surface area (Å²) in [6.07, 6.45) is 12.9. The van der Waals surface area contributed by atoms with Crippen LogP contribution in [0.15, 0.2) is 23.3 Å². The third-order valence-electron chi connectivity index (χ3n) is 8.52. The summed E-state index contributed by atoms with van der Waals surface area (Å²) in [5, 5.41) is 9.34. The van der Waals surface area contributed by atoms with Gasteiger partial charge in [-0.1, -0.05) is 26.8 Å². The quantitative estimate of drug-likeness (QED) is 0.721. The van der Waals surface area contributed by atoms with Gasteiger partial charge in [0, 0.05) is 5.57 Å². The number of hydrogen-bond acceptors (Lipinski definition) is 1. The number of carboxylic acids is 1. The van der Waals surface area contributed by atoms with Crippen LogP contribution in [0.2, 0.25) is 0 Å². The van der Waals surface area contributed by atoms with Crippen LogP contribution in [0, 0.1) is 34.5 Å². The van der Waals surface area contributed by atoms with Crippen molar-refractivity contribution >= 4 is 5.97 Å². The first-order valence-corrected chi connectivity index (χ1v) is 9.51. The molecule has 3 unspecified atom stereocenters. The Morgan fingerprint density at radius 3 is 2.70 bits per heavy atom. The predicted molar refractivity (Wildman–Crippen MR) is 92.0 cm³/mol. The molecule has 4 aliphatic rings. The first-order valence-electron chi connectivity index (χ1n) is 9.51. The minimum absolute atomic E-state index is 0.217. The van der Waals surface area contributed by atoms with Crippen molar-refractivity contribution in [2.75, 3.05) is 0 Å². The van der Waals surface area contributed by atoms with Gasteiger partial charge in [-0.05, 0) is 91.1 Å². The topological polar surface area (TPSA) is 37.3 Å². The van der Waals surface area contributed by atoms with Crippen molar-refractivity contribution in [3.8, 4) is 0 Å². The molecule has 6 atom stereocenters. The molecule has 0 radical (unpaired) electrons. The Hall–Kier alpha value is -1.05. The van der Waals surface area contributed by atoms with E-state index in [0.717, 1.165) is 36.5 Å². The van der Waals surface area contributed by atoms with Crippen LogP contribution in [0.4, 0.5) is 0 Å². The lowest BCUT2D eigenvalue weighted by Gasteiger charge is -2.57. The molecule has 0 saturated heterocycles. The van der Waals surface area contributed by atoms with Gasteiger partial charge in [0.2, 0.25) is 0 Å². The van der Waals surface area contributed by atoms with Crippen molar-refractivity contribution in [1.82, 2.24) is 0 Å². The molecule has 0 heterocycles. The number of fused-ring (bicyclic) bond motifs is 5. The number of rotatable bonds is 1. The van der Waals surface area contributed by atoms with E-state index in [0.29, 0.717) is 11.0 Å². The molecule has 2 saturated carbocycles. The fraction of sp³-hybridized carbons (Fsp3) is 0.762. The van der Waals surface area contributed by atoms with E-state index in [-0.39, 0.29) is 5.41 Å². The molecule has 0 aliphatic heterocycles. The molecule has 4 rings (SSSR count). The highest BCUT2D eigenvalue weighted by molar-refractivity contribution is 5.87. The zero-order valence-corrected chi connectivity index (χ0v) is 14.8. The van der Waals surface area contributed by atoms with Crippen molar-refractivity contribution in [3.05, 3.63) is 23.3 Å². The molecule has 2 fully saturated rings. The van der Waals surface area contributed by atoms with Crippen LogP contribution in [0.5, 0.6) is 0 Å². The summed E-state index contributed by atoms with van der Waals surface area (Å²) in [4.78, 5) is 11.3. The second-order valence-electron chi connectivity index (χ2n) is 9.19. The second kappa shape index (κ2) is 4.97. The number of hydrogen-bond donors (Lipinski definition) is 1. The summed E-state index contributed by atoms with van der Waals surface area (Å²) in [6.45, 7) is 7.44. The van der Waals surface area contributed by atoms with Gasteiger partial charge in [0.25, 0.3) is 0 Å². The fourth-order valence-corrected chi connectivity index (χ4v) is 6.76. The second-order valence-corrected chi connectivity index (χ2v) is 9.19. The third-order valence-corrected chi connectivity index (χ3v) is 8.52. The number of carboxylic acid groups (broad SMARTS) is 1. The monoisotopic (exact) mass is 314 g/mol. The average Bonchev–Trinajstić information content (AvgIpc) is 2.82. The minimum Gasteiger partial charge on any atom is -0.478 e. The van der Waals surface area contributed by atoms with Gasteiger partial charge in [-0.15, -0.1) is 0 Å². The molecule has 0 spiro atoms. The molecular weight excluding hydrogens is 284 g/mol. The molecule has 23 heavy (non-hydrogen) atoms. The molecule has 0 aromatic heterocycles. The Balaban J connectivity index is 1.70. The molecule has 2 heteroatoms. The standard InChI is InChI=1S/C21H30O2/c1-13-4-7-17-16-6-5-15-12-14(19(22)23)8-10-21(15,3)18(16)9-11-20(13,17)2/h5,12-13,16-18H,4,6-11H2,1-3H3,(H,22,23)/t13-,16?,17?,18?,20+,21-/m0/s1. The largest absolute Gasteiger partial charge is 0.478 e. The van der Waals surface area contributed by atoms with Gasteiger partial charge in [-0.3, -0.25) is 0 Å². The maximum atomic E-state index is 11.3. The van der Waals surface area contributed by atoms with Gasteiger partial charge in [0.15, 0.2) is 0 Å². The zero-order valence-electron chi connectivity index (χ0n) is 14.8. The summed E-state index contributed by atoms with van der Waals surface area (Å²) in [7, 11) is 0. The highest BCUT2D eigenvalue weighted by Gasteiger charge is 2.57. The Morgan fingerprint density at radius 1 is 1.17 bits per heavy atom. The lowest BCUT2D eigenvalue weighted by molar-refractivity contribution is -0.133. The molecule has 0 bridgehead atoms. The van der Waals surface area contributed by atoms with Crippen LogP contribution in [-0.2, 0) is 4.79 Å². The lowest BCUT2D eigenvalue weighted by Crippen LogP contribution is -2.49. The van der Waals surface area contributed by atoms with Gasteiger partial charge in [-0.2, -0.15) is 0 Å². The Labute approximate surface area is 140 Å². The van der Waals surface area contributed by atoms with Crippen molar-refractivity contribution in [2.24, 2.45) is 34.5 Å². The first kappa shape index (κ1) is 15.5. The number of allylic oxidation sites excluding steroid dienone is 3. The smallest absolute Gasteiger partial charge is 0.331 e. The average molecular weight is 314 g/mol. The summed E-state index contributed by atoms with van der Waals surface area (Å²) in [5.41, 5.74) is 2.72. The summed E-state index contributed by atoms with van der Waals surface area (Å²) < 4.78 is 0. The summed E-state index contributed by atoms with van der Waals surface area (Å²) in [6, 6.07) is 0. The molecule has 126 valence electrons. The van der Waals surface area contributed by atoms with Crippen LogP contribution >= 0.6 is 0 Å². The molecule has 1 N–H and O–H groups in total. The van der Waals surface area contributed by atoms with Crippen molar-refractivity contribution < 1.29 is 9.90 Å². The Kier molecular flexibility index (Phi) is 3.35. The maximum Gasteiger partial charge on any atom is 0.331 e. The van der Waals surface area contributed by atoms with E-state index in [1.54, 1.807) is 0 Å². The zero-order chi connectivity index (χ0) is 16.4.